The molecule has 4 heteroatoms. The zero-order valence-electron chi connectivity index (χ0n) is 11.6. The molecule has 0 fully saturated rings. The molecule has 0 saturated carbocycles. The van der Waals surface area contributed by atoms with Gasteiger partial charge in [0.2, 0.25) is 0 Å². The topological polar surface area (TPSA) is 35.2 Å². The highest BCUT2D eigenvalue weighted by Crippen LogP contribution is 2.29. The van der Waals surface area contributed by atoms with E-state index < -0.39 is 5.82 Å². The molecule has 1 aliphatic rings. The van der Waals surface area contributed by atoms with Crippen molar-refractivity contribution in [2.75, 3.05) is 6.61 Å². The lowest BCUT2D eigenvalue weighted by molar-refractivity contribution is 0.199. The lowest BCUT2D eigenvalue weighted by Crippen LogP contribution is -2.39. The van der Waals surface area contributed by atoms with Gasteiger partial charge in [-0.2, -0.15) is 0 Å². The maximum absolute atomic E-state index is 13.5. The molecular weight excluding hydrogens is 289 g/mol. The molecule has 2 aromatic carbocycles. The molecule has 2 aromatic rings. The van der Waals surface area contributed by atoms with E-state index in [0.29, 0.717) is 13.0 Å². The largest absolute Gasteiger partial charge is 0.493 e. The van der Waals surface area contributed by atoms with Crippen LogP contribution >= 0.6 is 11.6 Å². The van der Waals surface area contributed by atoms with Crippen LogP contribution in [-0.4, -0.2) is 12.6 Å². The van der Waals surface area contributed by atoms with Gasteiger partial charge in [-0.05, 0) is 36.1 Å². The quantitative estimate of drug-likeness (QED) is 0.940. The van der Waals surface area contributed by atoms with Crippen molar-refractivity contribution < 1.29 is 9.13 Å². The number of fused-ring (bicyclic) bond motifs is 1. The predicted molar refractivity (Wildman–Crippen MR) is 82.2 cm³/mol. The molecule has 1 aliphatic heterocycles. The second kappa shape index (κ2) is 6.04. The van der Waals surface area contributed by atoms with Crippen LogP contribution in [0.1, 0.15) is 11.1 Å². The first-order chi connectivity index (χ1) is 10.1. The van der Waals surface area contributed by atoms with Crippen molar-refractivity contribution in [1.29, 1.82) is 0 Å². The number of halogens is 2. The minimum absolute atomic E-state index is 0.113. The third-order valence-corrected chi connectivity index (χ3v) is 4.42. The van der Waals surface area contributed by atoms with E-state index in [2.05, 4.69) is 6.07 Å². The predicted octanol–water partition coefficient (Wildman–Crippen LogP) is 3.60. The fourth-order valence-electron chi connectivity index (χ4n) is 2.75. The van der Waals surface area contributed by atoms with Gasteiger partial charge in [0.15, 0.2) is 0 Å². The van der Waals surface area contributed by atoms with Crippen LogP contribution in [0.15, 0.2) is 42.5 Å². The zero-order chi connectivity index (χ0) is 14.8. The fraction of sp³-hybridized carbons (Fsp3) is 0.294. The Labute approximate surface area is 128 Å². The number of nitrogens with two attached hydrogens (primary N) is 1. The van der Waals surface area contributed by atoms with Crippen molar-refractivity contribution in [3.63, 3.8) is 0 Å². The molecule has 0 aliphatic carbocycles. The van der Waals surface area contributed by atoms with Crippen molar-refractivity contribution >= 4 is 11.6 Å². The molecule has 0 radical (unpaired) electrons. The maximum Gasteiger partial charge on any atom is 0.142 e. The average molecular weight is 306 g/mol. The Hall–Kier alpha value is -1.58. The number of ether oxygens (including phenoxy) is 1. The van der Waals surface area contributed by atoms with Crippen LogP contribution in [0, 0.1) is 11.7 Å². The van der Waals surface area contributed by atoms with Crippen molar-refractivity contribution in [3.8, 4) is 5.75 Å². The van der Waals surface area contributed by atoms with Crippen LogP contribution in [-0.2, 0) is 12.8 Å². The Morgan fingerprint density at radius 2 is 2.05 bits per heavy atom. The highest BCUT2D eigenvalue weighted by atomic mass is 35.5. The van der Waals surface area contributed by atoms with Crippen molar-refractivity contribution in [1.82, 2.24) is 0 Å². The maximum atomic E-state index is 13.5. The smallest absolute Gasteiger partial charge is 0.142 e. The molecule has 0 spiro atoms. The van der Waals surface area contributed by atoms with Gasteiger partial charge in [0.1, 0.15) is 11.6 Å². The van der Waals surface area contributed by atoms with E-state index in [1.807, 2.05) is 24.3 Å². The van der Waals surface area contributed by atoms with Gasteiger partial charge in [-0.3, -0.25) is 0 Å². The lowest BCUT2D eigenvalue weighted by atomic mass is 9.87. The van der Waals surface area contributed by atoms with E-state index in [-0.39, 0.29) is 17.0 Å². The summed E-state index contributed by atoms with van der Waals surface area (Å²) in [5.74, 6) is 0.746. The third-order valence-electron chi connectivity index (χ3n) is 4.00. The molecule has 110 valence electrons. The summed E-state index contributed by atoms with van der Waals surface area (Å²) in [6.45, 7) is 0.588. The minimum atomic E-state index is -0.397. The van der Waals surface area contributed by atoms with Crippen molar-refractivity contribution in [3.05, 3.63) is 64.4 Å². The first-order valence-corrected chi connectivity index (χ1v) is 7.42. The molecule has 3 rings (SSSR count). The summed E-state index contributed by atoms with van der Waals surface area (Å²) in [5.41, 5.74) is 8.22. The first-order valence-electron chi connectivity index (χ1n) is 7.04. The van der Waals surface area contributed by atoms with Gasteiger partial charge in [0.05, 0.1) is 11.6 Å². The third kappa shape index (κ3) is 3.04. The molecule has 2 atom stereocenters. The van der Waals surface area contributed by atoms with Crippen LogP contribution in [0.5, 0.6) is 5.75 Å². The number of benzene rings is 2. The standard InChI is InChI=1S/C17H17ClFNO/c18-17-12(5-3-6-14(17)19)9-15(20)13-8-11-4-1-2-7-16(11)21-10-13/h1-7,13,15H,8-10,20H2. The first kappa shape index (κ1) is 14.4. The lowest BCUT2D eigenvalue weighted by Gasteiger charge is -2.29. The van der Waals surface area contributed by atoms with Crippen LogP contribution < -0.4 is 10.5 Å². The van der Waals surface area contributed by atoms with E-state index >= 15 is 0 Å². The molecule has 0 saturated heterocycles. The van der Waals surface area contributed by atoms with E-state index in [9.17, 15) is 4.39 Å². The molecule has 1 heterocycles. The van der Waals surface area contributed by atoms with E-state index in [1.54, 1.807) is 6.07 Å². The van der Waals surface area contributed by atoms with Gasteiger partial charge in [0.25, 0.3) is 0 Å². The Kier molecular flexibility index (Phi) is 4.13. The number of hydrogen-bond donors (Lipinski definition) is 1. The summed E-state index contributed by atoms with van der Waals surface area (Å²) in [5, 5.41) is 0.171. The van der Waals surface area contributed by atoms with Gasteiger partial charge in [0, 0.05) is 12.0 Å². The summed E-state index contributed by atoms with van der Waals surface area (Å²) in [6, 6.07) is 12.7. The molecule has 0 amide bonds. The molecule has 0 bridgehead atoms. The normalized spacial score (nSPS) is 18.7. The van der Waals surface area contributed by atoms with Crippen molar-refractivity contribution in [2.45, 2.75) is 18.9 Å². The number of rotatable bonds is 3. The van der Waals surface area contributed by atoms with Crippen LogP contribution in [0.2, 0.25) is 5.02 Å². The summed E-state index contributed by atoms with van der Waals surface area (Å²) in [6.07, 6.45) is 1.43. The van der Waals surface area contributed by atoms with Crippen LogP contribution in [0.25, 0.3) is 0 Å². The molecule has 0 aromatic heterocycles. The summed E-state index contributed by atoms with van der Waals surface area (Å²) in [7, 11) is 0. The van der Waals surface area contributed by atoms with Gasteiger partial charge < -0.3 is 10.5 Å². The number of hydrogen-bond acceptors (Lipinski definition) is 2. The zero-order valence-corrected chi connectivity index (χ0v) is 12.3. The number of para-hydroxylation sites is 1. The molecule has 21 heavy (non-hydrogen) atoms. The van der Waals surface area contributed by atoms with Gasteiger partial charge in [-0.1, -0.05) is 41.9 Å². The average Bonchev–Trinajstić information content (AvgIpc) is 2.51. The fourth-order valence-corrected chi connectivity index (χ4v) is 2.96. The van der Waals surface area contributed by atoms with Gasteiger partial charge in [-0.15, -0.1) is 0 Å². The Balaban J connectivity index is 1.72. The van der Waals surface area contributed by atoms with Crippen LogP contribution in [0.4, 0.5) is 4.39 Å². The second-order valence-electron chi connectivity index (χ2n) is 5.46. The van der Waals surface area contributed by atoms with E-state index in [4.69, 9.17) is 22.1 Å². The summed E-state index contributed by atoms with van der Waals surface area (Å²) >= 11 is 6.00. The molecule has 2 N–H and O–H groups in total. The summed E-state index contributed by atoms with van der Waals surface area (Å²) in [4.78, 5) is 0. The van der Waals surface area contributed by atoms with Gasteiger partial charge in [-0.25, -0.2) is 4.39 Å². The highest BCUT2D eigenvalue weighted by Gasteiger charge is 2.25. The second-order valence-corrected chi connectivity index (χ2v) is 5.84. The van der Waals surface area contributed by atoms with Crippen molar-refractivity contribution in [2.24, 2.45) is 11.7 Å². The van der Waals surface area contributed by atoms with Gasteiger partial charge >= 0.3 is 0 Å². The Morgan fingerprint density at radius 1 is 1.24 bits per heavy atom. The SMILES string of the molecule is NC(Cc1cccc(F)c1Cl)C1COc2ccccc2C1. The van der Waals surface area contributed by atoms with E-state index in [0.717, 1.165) is 17.7 Å². The Morgan fingerprint density at radius 3 is 2.90 bits per heavy atom. The Bertz CT molecular complexity index is 646. The highest BCUT2D eigenvalue weighted by molar-refractivity contribution is 6.31. The van der Waals surface area contributed by atoms with Crippen LogP contribution in [0.3, 0.4) is 0 Å². The van der Waals surface area contributed by atoms with E-state index in [1.165, 1.54) is 11.6 Å². The monoisotopic (exact) mass is 305 g/mol. The molecular formula is C17H17ClFNO. The molecule has 2 nitrogen and oxygen atoms in total. The summed E-state index contributed by atoms with van der Waals surface area (Å²) < 4.78 is 19.2. The molecule has 2 unspecified atom stereocenters. The minimum Gasteiger partial charge on any atom is -0.493 e.